The van der Waals surface area contributed by atoms with Crippen molar-refractivity contribution in [2.45, 2.75) is 55.8 Å². The molecule has 3 heterocycles. The molecule has 3 aromatic rings. The smallest absolute Gasteiger partial charge is 0.237 e. The Kier molecular flexibility index (Phi) is 8.92. The van der Waals surface area contributed by atoms with Gasteiger partial charge < -0.3 is 15.2 Å². The molecule has 2 saturated heterocycles. The molecule has 0 saturated carbocycles. The summed E-state index contributed by atoms with van der Waals surface area (Å²) in [6.07, 6.45) is 5.16. The highest BCUT2D eigenvalue weighted by Gasteiger charge is 2.54. The van der Waals surface area contributed by atoms with E-state index in [4.69, 9.17) is 0 Å². The Morgan fingerprint density at radius 2 is 1.81 bits per heavy atom. The van der Waals surface area contributed by atoms with Gasteiger partial charge in [-0.2, -0.15) is 0 Å². The topological polar surface area (TPSA) is 51.4 Å². The number of fused-ring (bicyclic) bond motifs is 1. The second kappa shape index (κ2) is 11.2. The van der Waals surface area contributed by atoms with E-state index in [0.717, 1.165) is 50.1 Å². The minimum atomic E-state index is -0.460. The number of amides is 1. The third-order valence-corrected chi connectivity index (χ3v) is 8.78. The van der Waals surface area contributed by atoms with Gasteiger partial charge in [0.15, 0.2) is 0 Å². The van der Waals surface area contributed by atoms with Crippen LogP contribution >= 0.6 is 36.6 Å². The molecule has 2 aliphatic rings. The summed E-state index contributed by atoms with van der Waals surface area (Å²) in [7, 11) is 0. The molecule has 5 rings (SSSR count). The second-order valence-electron chi connectivity index (χ2n) is 9.88. The monoisotopic (exact) mass is 552 g/mol. The fourth-order valence-corrected chi connectivity index (χ4v) is 7.01. The highest BCUT2D eigenvalue weighted by molar-refractivity contribution is 8.03. The van der Waals surface area contributed by atoms with Crippen LogP contribution in [0.2, 0.25) is 0 Å². The van der Waals surface area contributed by atoms with Gasteiger partial charge in [-0.25, -0.2) is 4.39 Å². The van der Waals surface area contributed by atoms with Gasteiger partial charge in [0.1, 0.15) is 10.8 Å². The number of halogens is 3. The van der Waals surface area contributed by atoms with Crippen LogP contribution in [0, 0.1) is 5.82 Å². The first-order valence-electron chi connectivity index (χ1n) is 12.2. The number of hydrogen-bond acceptors (Lipinski definition) is 4. The number of aromatic amines is 1. The number of nitrogens with zero attached hydrogens (tertiary/aromatic N) is 2. The number of H-pyrrole nitrogens is 1. The summed E-state index contributed by atoms with van der Waals surface area (Å²) in [5, 5.41) is 4.60. The number of rotatable bonds is 6. The van der Waals surface area contributed by atoms with Gasteiger partial charge in [-0.15, -0.1) is 36.6 Å². The predicted molar refractivity (Wildman–Crippen MR) is 153 cm³/mol. The molecule has 0 radical (unpaired) electrons. The van der Waals surface area contributed by atoms with Crippen LogP contribution in [0.25, 0.3) is 10.9 Å². The number of benzene rings is 2. The lowest BCUT2D eigenvalue weighted by Gasteiger charge is -2.49. The van der Waals surface area contributed by atoms with Crippen LogP contribution in [0.1, 0.15) is 51.6 Å². The van der Waals surface area contributed by atoms with E-state index in [2.05, 4.69) is 51.4 Å². The number of hydrogen-bond donors (Lipinski definition) is 2. The molecule has 9 heteroatoms. The van der Waals surface area contributed by atoms with E-state index in [0.29, 0.717) is 0 Å². The Morgan fingerprint density at radius 3 is 2.47 bits per heavy atom. The molecule has 0 bridgehead atoms. The van der Waals surface area contributed by atoms with Crippen LogP contribution in [0.5, 0.6) is 0 Å². The molecule has 1 amide bonds. The molecule has 2 aromatic carbocycles. The molecule has 2 unspecified atom stereocenters. The van der Waals surface area contributed by atoms with Crippen molar-refractivity contribution in [3.8, 4) is 0 Å². The van der Waals surface area contributed by atoms with Gasteiger partial charge in [0.25, 0.3) is 0 Å². The average molecular weight is 554 g/mol. The molecule has 196 valence electrons. The second-order valence-corrected chi connectivity index (χ2v) is 11.8. The van der Waals surface area contributed by atoms with Gasteiger partial charge in [0.05, 0.1) is 10.8 Å². The highest BCUT2D eigenvalue weighted by Crippen LogP contribution is 2.48. The lowest BCUT2D eigenvalue weighted by molar-refractivity contribution is -0.124. The van der Waals surface area contributed by atoms with E-state index in [1.165, 1.54) is 23.1 Å². The normalized spacial score (nSPS) is 23.7. The lowest BCUT2D eigenvalue weighted by atomic mass is 9.99. The zero-order chi connectivity index (χ0) is 23.9. The number of carbonyl (C=O) groups excluding carboxylic acids is 1. The molecule has 2 aliphatic heterocycles. The number of nitrogens with one attached hydrogen (secondary N) is 2. The number of carbonyl (C=O) groups is 1. The van der Waals surface area contributed by atoms with Gasteiger partial charge >= 0.3 is 0 Å². The number of anilines is 1. The molecular weight excluding hydrogens is 518 g/mol. The first kappa shape index (κ1) is 28.6. The Bertz CT molecular complexity index is 1190. The fraction of sp³-hybridized carbons (Fsp3) is 0.444. The standard InChI is InChI=1S/C27H33FN4OS.2ClH/c1-4-5-14-27(30-25(33)26(2,3)34-27)31-15-16-32(20-12-10-19(28)11-13-20)24(18-31)22-17-29-23-9-7-6-8-21(22)23;;/h6-13,17,24,29H,4-5,14-16,18H2,1-3H3,(H,30,33);2*1H. The first-order valence-corrected chi connectivity index (χ1v) is 13.0. The molecule has 36 heavy (non-hydrogen) atoms. The molecular formula is C27H35Cl2FN4OS. The third-order valence-electron chi connectivity index (χ3n) is 7.18. The van der Waals surface area contributed by atoms with E-state index in [-0.39, 0.29) is 42.6 Å². The van der Waals surface area contributed by atoms with Gasteiger partial charge in [-0.1, -0.05) is 31.5 Å². The molecule has 2 N–H and O–H groups in total. The Morgan fingerprint density at radius 1 is 1.08 bits per heavy atom. The number of thioether (sulfide) groups is 1. The average Bonchev–Trinajstić information content (AvgIpc) is 3.36. The van der Waals surface area contributed by atoms with E-state index >= 15 is 0 Å². The summed E-state index contributed by atoms with van der Waals surface area (Å²) in [6, 6.07) is 15.2. The largest absolute Gasteiger partial charge is 0.362 e. The van der Waals surface area contributed by atoms with Gasteiger partial charge in [-0.05, 0) is 57.0 Å². The highest BCUT2D eigenvalue weighted by atomic mass is 35.5. The maximum Gasteiger partial charge on any atom is 0.237 e. The SMILES string of the molecule is CCCCC1(N2CCN(c3ccc(F)cc3)C(c3c[nH]c4ccccc34)C2)NC(=O)C(C)(C)S1.Cl.Cl. The molecule has 2 fully saturated rings. The zero-order valence-corrected chi connectivity index (χ0v) is 23.4. The summed E-state index contributed by atoms with van der Waals surface area (Å²) in [5.74, 6) is -0.116. The van der Waals surface area contributed by atoms with Crippen LogP contribution in [0.3, 0.4) is 0 Å². The Balaban J connectivity index is 0.00000180. The summed E-state index contributed by atoms with van der Waals surface area (Å²) in [5.41, 5.74) is 3.35. The van der Waals surface area contributed by atoms with Crippen molar-refractivity contribution in [2.24, 2.45) is 0 Å². The number of aromatic nitrogens is 1. The van der Waals surface area contributed by atoms with Crippen molar-refractivity contribution in [2.75, 3.05) is 24.5 Å². The minimum Gasteiger partial charge on any atom is -0.362 e. The Hall–Kier alpha value is -1.93. The van der Waals surface area contributed by atoms with Crippen LogP contribution in [-0.2, 0) is 4.79 Å². The molecule has 0 aliphatic carbocycles. The Labute approximate surface area is 229 Å². The maximum absolute atomic E-state index is 13.7. The molecule has 2 atom stereocenters. The first-order chi connectivity index (χ1) is 16.3. The van der Waals surface area contributed by atoms with Crippen molar-refractivity contribution in [3.05, 3.63) is 66.1 Å². The van der Waals surface area contributed by atoms with E-state index in [1.807, 2.05) is 32.0 Å². The molecule has 5 nitrogen and oxygen atoms in total. The third kappa shape index (κ3) is 5.21. The quantitative estimate of drug-likeness (QED) is 0.366. The van der Waals surface area contributed by atoms with Crippen LogP contribution < -0.4 is 10.2 Å². The molecule has 0 spiro atoms. The summed E-state index contributed by atoms with van der Waals surface area (Å²) >= 11 is 1.76. The predicted octanol–water partition coefficient (Wildman–Crippen LogP) is 6.50. The van der Waals surface area contributed by atoms with E-state index in [1.54, 1.807) is 11.8 Å². The van der Waals surface area contributed by atoms with Gasteiger partial charge in [0.2, 0.25) is 5.91 Å². The lowest BCUT2D eigenvalue weighted by Crippen LogP contribution is -2.61. The van der Waals surface area contributed by atoms with Crippen molar-refractivity contribution >= 4 is 59.1 Å². The maximum atomic E-state index is 13.7. The van der Waals surface area contributed by atoms with E-state index < -0.39 is 9.74 Å². The van der Waals surface area contributed by atoms with Crippen LogP contribution in [0.15, 0.2) is 54.7 Å². The summed E-state index contributed by atoms with van der Waals surface area (Å²) < 4.78 is 13.2. The van der Waals surface area contributed by atoms with Crippen molar-refractivity contribution in [3.63, 3.8) is 0 Å². The zero-order valence-electron chi connectivity index (χ0n) is 20.9. The van der Waals surface area contributed by atoms with Crippen molar-refractivity contribution in [1.29, 1.82) is 0 Å². The fourth-order valence-electron chi connectivity index (χ4n) is 5.34. The van der Waals surface area contributed by atoms with Crippen molar-refractivity contribution < 1.29 is 9.18 Å². The van der Waals surface area contributed by atoms with Gasteiger partial charge in [0, 0.05) is 48.0 Å². The minimum absolute atomic E-state index is 0. The number of para-hydroxylation sites is 1. The number of piperazine rings is 1. The van der Waals surface area contributed by atoms with Gasteiger partial charge in [-0.3, -0.25) is 9.69 Å². The summed E-state index contributed by atoms with van der Waals surface area (Å²) in [4.78, 5) is 20.8. The van der Waals surface area contributed by atoms with Crippen LogP contribution in [0.4, 0.5) is 10.1 Å². The molecule has 1 aromatic heterocycles. The van der Waals surface area contributed by atoms with Crippen LogP contribution in [-0.4, -0.2) is 45.2 Å². The van der Waals surface area contributed by atoms with Crippen molar-refractivity contribution in [1.82, 2.24) is 15.2 Å². The number of unbranched alkanes of at least 4 members (excludes halogenated alkanes) is 1. The van der Waals surface area contributed by atoms with E-state index in [9.17, 15) is 9.18 Å². The summed E-state index contributed by atoms with van der Waals surface area (Å²) in [6.45, 7) is 8.62.